The zero-order valence-corrected chi connectivity index (χ0v) is 11.0. The zero-order chi connectivity index (χ0) is 13.4. The van der Waals surface area contributed by atoms with Crippen LogP contribution in [0.25, 0.3) is 0 Å². The Kier molecular flexibility index (Phi) is 3.35. The maximum atomic E-state index is 11.3. The molecule has 0 spiro atoms. The van der Waals surface area contributed by atoms with E-state index in [1.54, 1.807) is 6.92 Å². The summed E-state index contributed by atoms with van der Waals surface area (Å²) in [7, 11) is 0. The Morgan fingerprint density at radius 3 is 1.82 bits per heavy atom. The summed E-state index contributed by atoms with van der Waals surface area (Å²) in [5.41, 5.74) is 0.0216. The molecule has 17 heavy (non-hydrogen) atoms. The lowest BCUT2D eigenvalue weighted by Crippen LogP contribution is -2.45. The van der Waals surface area contributed by atoms with Crippen molar-refractivity contribution in [2.24, 2.45) is 5.41 Å². The van der Waals surface area contributed by atoms with Crippen LogP contribution in [0.4, 0.5) is 0 Å². The van der Waals surface area contributed by atoms with Crippen molar-refractivity contribution in [1.82, 2.24) is 0 Å². The van der Waals surface area contributed by atoms with E-state index in [0.29, 0.717) is 5.56 Å². The van der Waals surface area contributed by atoms with Crippen LogP contribution in [0.2, 0.25) is 0 Å². The predicted octanol–water partition coefficient (Wildman–Crippen LogP) is 2.62. The van der Waals surface area contributed by atoms with Crippen LogP contribution in [0.15, 0.2) is 18.2 Å². The van der Waals surface area contributed by atoms with E-state index < -0.39 is 17.0 Å². The van der Waals surface area contributed by atoms with E-state index >= 15 is 0 Å². The fourth-order valence-electron chi connectivity index (χ4n) is 1.82. The Labute approximate surface area is 102 Å². The zero-order valence-electron chi connectivity index (χ0n) is 11.0. The molecule has 2 N–H and O–H groups in total. The molecule has 1 rings (SSSR count). The molecule has 0 heterocycles. The van der Waals surface area contributed by atoms with Gasteiger partial charge in [0, 0.05) is 0 Å². The van der Waals surface area contributed by atoms with Gasteiger partial charge in [-0.3, -0.25) is 4.79 Å². The van der Waals surface area contributed by atoms with Gasteiger partial charge in [0.15, 0.2) is 0 Å². The van der Waals surface area contributed by atoms with Crippen LogP contribution in [0.3, 0.4) is 0 Å². The third-order valence-corrected chi connectivity index (χ3v) is 3.54. The molecule has 1 atom stereocenters. The molecule has 1 unspecified atom stereocenters. The van der Waals surface area contributed by atoms with Crippen LogP contribution in [0, 0.1) is 19.3 Å². The number of aliphatic carboxylic acids is 1. The maximum absolute atomic E-state index is 11.3. The largest absolute Gasteiger partial charge is 0.481 e. The summed E-state index contributed by atoms with van der Waals surface area (Å²) in [6.07, 6.45) is 0. The van der Waals surface area contributed by atoms with Crippen LogP contribution in [0.1, 0.15) is 37.5 Å². The lowest BCUT2D eigenvalue weighted by atomic mass is 9.71. The SMILES string of the molecule is Cc1cc(C)cc(C(C)(O)C(C)(C)C(=O)O)c1. The smallest absolute Gasteiger partial charge is 0.312 e. The van der Waals surface area contributed by atoms with E-state index in [1.807, 2.05) is 32.0 Å². The second-order valence-electron chi connectivity index (χ2n) is 5.38. The second-order valence-corrected chi connectivity index (χ2v) is 5.38. The molecule has 94 valence electrons. The first kappa shape index (κ1) is 13.7. The molecule has 0 radical (unpaired) electrons. The minimum atomic E-state index is -1.41. The van der Waals surface area contributed by atoms with Crippen LogP contribution < -0.4 is 0 Å². The highest BCUT2D eigenvalue weighted by atomic mass is 16.4. The van der Waals surface area contributed by atoms with Crippen molar-refractivity contribution in [2.45, 2.75) is 40.2 Å². The van der Waals surface area contributed by atoms with Gasteiger partial charge in [-0.2, -0.15) is 0 Å². The summed E-state index contributed by atoms with van der Waals surface area (Å²) in [6, 6.07) is 5.66. The van der Waals surface area contributed by atoms with Crippen molar-refractivity contribution in [1.29, 1.82) is 0 Å². The highest BCUT2D eigenvalue weighted by molar-refractivity contribution is 5.75. The molecule has 0 aliphatic carbocycles. The number of hydrogen-bond donors (Lipinski definition) is 2. The first-order valence-corrected chi connectivity index (χ1v) is 5.63. The standard InChI is InChI=1S/C14H20O3/c1-9-6-10(2)8-11(7-9)14(5,17)13(3,4)12(15)16/h6-8,17H,1-5H3,(H,15,16). The number of aliphatic hydroxyl groups is 1. The number of rotatable bonds is 3. The third-order valence-electron chi connectivity index (χ3n) is 3.54. The molecule has 0 fully saturated rings. The van der Waals surface area contributed by atoms with Crippen molar-refractivity contribution in [2.75, 3.05) is 0 Å². The van der Waals surface area contributed by atoms with Crippen LogP contribution in [-0.4, -0.2) is 16.2 Å². The molecule has 0 aromatic heterocycles. The molecule has 0 aliphatic heterocycles. The predicted molar refractivity (Wildman–Crippen MR) is 66.9 cm³/mol. The Morgan fingerprint density at radius 2 is 1.47 bits per heavy atom. The van der Waals surface area contributed by atoms with Crippen LogP contribution in [0.5, 0.6) is 0 Å². The summed E-state index contributed by atoms with van der Waals surface area (Å²) in [4.78, 5) is 11.3. The molecule has 0 amide bonds. The molecule has 3 nitrogen and oxygen atoms in total. The number of carboxylic acid groups (broad SMARTS) is 1. The number of carbonyl (C=O) groups is 1. The molecule has 1 aromatic carbocycles. The normalized spacial score (nSPS) is 15.4. The van der Waals surface area contributed by atoms with E-state index in [4.69, 9.17) is 0 Å². The maximum Gasteiger partial charge on any atom is 0.312 e. The molecule has 1 aromatic rings. The molecule has 3 heteroatoms. The van der Waals surface area contributed by atoms with Crippen molar-refractivity contribution < 1.29 is 15.0 Å². The topological polar surface area (TPSA) is 57.5 Å². The summed E-state index contributed by atoms with van der Waals surface area (Å²) in [6.45, 7) is 8.48. The minimum absolute atomic E-state index is 0.641. The summed E-state index contributed by atoms with van der Waals surface area (Å²) in [5.74, 6) is -1.01. The summed E-state index contributed by atoms with van der Waals surface area (Å²) >= 11 is 0. The summed E-state index contributed by atoms with van der Waals surface area (Å²) < 4.78 is 0. The highest BCUT2D eigenvalue weighted by Crippen LogP contribution is 2.40. The van der Waals surface area contributed by atoms with E-state index in [0.717, 1.165) is 11.1 Å². The lowest BCUT2D eigenvalue weighted by molar-refractivity contribution is -0.164. The van der Waals surface area contributed by atoms with Crippen LogP contribution >= 0.6 is 0 Å². The Balaban J connectivity index is 3.35. The van der Waals surface area contributed by atoms with Crippen molar-refractivity contribution >= 4 is 5.97 Å². The second kappa shape index (κ2) is 4.15. The molecule has 0 saturated carbocycles. The highest BCUT2D eigenvalue weighted by Gasteiger charge is 2.46. The van der Waals surface area contributed by atoms with E-state index in [9.17, 15) is 15.0 Å². The van der Waals surface area contributed by atoms with Gasteiger partial charge < -0.3 is 10.2 Å². The van der Waals surface area contributed by atoms with E-state index in [-0.39, 0.29) is 0 Å². The third kappa shape index (κ3) is 2.34. The first-order valence-electron chi connectivity index (χ1n) is 5.63. The molecule has 0 saturated heterocycles. The Hall–Kier alpha value is -1.35. The molecule has 0 bridgehead atoms. The fraction of sp³-hybridized carbons (Fsp3) is 0.500. The van der Waals surface area contributed by atoms with Gasteiger partial charge in [0.2, 0.25) is 0 Å². The summed E-state index contributed by atoms with van der Waals surface area (Å²) in [5, 5.41) is 19.8. The average Bonchev–Trinajstić information content (AvgIpc) is 2.15. The Bertz CT molecular complexity index is 425. The van der Waals surface area contributed by atoms with Crippen molar-refractivity contribution in [3.63, 3.8) is 0 Å². The van der Waals surface area contributed by atoms with Gasteiger partial charge in [0.25, 0.3) is 0 Å². The number of benzene rings is 1. The van der Waals surface area contributed by atoms with Crippen molar-refractivity contribution in [3.8, 4) is 0 Å². The number of aryl methyl sites for hydroxylation is 2. The fourth-order valence-corrected chi connectivity index (χ4v) is 1.82. The van der Waals surface area contributed by atoms with Gasteiger partial charge in [-0.05, 0) is 40.2 Å². The van der Waals surface area contributed by atoms with Gasteiger partial charge in [-0.1, -0.05) is 29.3 Å². The number of hydrogen-bond acceptors (Lipinski definition) is 2. The molecular weight excluding hydrogens is 216 g/mol. The van der Waals surface area contributed by atoms with Crippen molar-refractivity contribution in [3.05, 3.63) is 34.9 Å². The monoisotopic (exact) mass is 236 g/mol. The Morgan fingerprint density at radius 1 is 1.06 bits per heavy atom. The average molecular weight is 236 g/mol. The van der Waals surface area contributed by atoms with Gasteiger partial charge in [-0.25, -0.2) is 0 Å². The van der Waals surface area contributed by atoms with E-state index in [1.165, 1.54) is 13.8 Å². The molecule has 0 aliphatic rings. The van der Waals surface area contributed by atoms with Gasteiger partial charge in [0.1, 0.15) is 5.60 Å². The quantitative estimate of drug-likeness (QED) is 0.848. The van der Waals surface area contributed by atoms with Crippen LogP contribution in [-0.2, 0) is 10.4 Å². The van der Waals surface area contributed by atoms with Gasteiger partial charge >= 0.3 is 5.97 Å². The minimum Gasteiger partial charge on any atom is -0.481 e. The number of carboxylic acids is 1. The first-order chi connectivity index (χ1) is 7.59. The van der Waals surface area contributed by atoms with E-state index in [2.05, 4.69) is 0 Å². The lowest BCUT2D eigenvalue weighted by Gasteiger charge is -2.37. The molecular formula is C14H20O3. The van der Waals surface area contributed by atoms with Gasteiger partial charge in [0.05, 0.1) is 5.41 Å². The van der Waals surface area contributed by atoms with Gasteiger partial charge in [-0.15, -0.1) is 0 Å².